The van der Waals surface area contributed by atoms with Gasteiger partial charge in [-0.15, -0.1) is 0 Å². The second-order valence-electron chi connectivity index (χ2n) is 9.55. The van der Waals surface area contributed by atoms with Crippen molar-refractivity contribution in [1.29, 1.82) is 0 Å². The molecule has 2 heterocycles. The zero-order valence-corrected chi connectivity index (χ0v) is 20.8. The van der Waals surface area contributed by atoms with Crippen molar-refractivity contribution in [2.24, 2.45) is 5.92 Å². The zero-order valence-electron chi connectivity index (χ0n) is 20.0. The van der Waals surface area contributed by atoms with Crippen molar-refractivity contribution in [3.8, 4) is 0 Å². The minimum Gasteiger partial charge on any atom is -0.372 e. The molecule has 4 rings (SSSR count). The highest BCUT2D eigenvalue weighted by Gasteiger charge is 2.24. The number of sulfonamides is 1. The average molecular weight is 485 g/mol. The SMILES string of the molecule is Cc1ccc(S(=O)(=O)NCC2CCCN(CC(=O)Nc3ccc(N4CCCCC4)cc3)C2)cc1. The quantitative estimate of drug-likeness (QED) is 0.598. The van der Waals surface area contributed by atoms with Crippen LogP contribution >= 0.6 is 0 Å². The van der Waals surface area contributed by atoms with Gasteiger partial charge in [-0.3, -0.25) is 9.69 Å². The first kappa shape index (κ1) is 24.7. The summed E-state index contributed by atoms with van der Waals surface area (Å²) in [5.41, 5.74) is 3.05. The first-order chi connectivity index (χ1) is 16.4. The third kappa shape index (κ3) is 6.81. The van der Waals surface area contributed by atoms with Crippen LogP contribution in [-0.4, -0.2) is 58.5 Å². The first-order valence-corrected chi connectivity index (χ1v) is 13.8. The molecular weight excluding hydrogens is 448 g/mol. The molecule has 7 nitrogen and oxygen atoms in total. The third-order valence-electron chi connectivity index (χ3n) is 6.74. The van der Waals surface area contributed by atoms with Crippen molar-refractivity contribution in [3.05, 3.63) is 54.1 Å². The van der Waals surface area contributed by atoms with Gasteiger partial charge in [0.25, 0.3) is 0 Å². The van der Waals surface area contributed by atoms with Crippen LogP contribution in [0.4, 0.5) is 11.4 Å². The Kier molecular flexibility index (Phi) is 8.24. The normalized spacial score (nSPS) is 19.7. The Morgan fingerprint density at radius 2 is 1.65 bits per heavy atom. The number of hydrogen-bond donors (Lipinski definition) is 2. The summed E-state index contributed by atoms with van der Waals surface area (Å²) >= 11 is 0. The van der Waals surface area contributed by atoms with Crippen LogP contribution in [0.2, 0.25) is 0 Å². The van der Waals surface area contributed by atoms with E-state index in [1.165, 1.54) is 24.9 Å². The molecule has 1 unspecified atom stereocenters. The van der Waals surface area contributed by atoms with Crippen molar-refractivity contribution >= 4 is 27.3 Å². The lowest BCUT2D eigenvalue weighted by atomic mass is 9.98. The fourth-order valence-electron chi connectivity index (χ4n) is 4.80. The second kappa shape index (κ2) is 11.3. The summed E-state index contributed by atoms with van der Waals surface area (Å²) in [4.78, 5) is 17.4. The monoisotopic (exact) mass is 484 g/mol. The molecule has 2 saturated heterocycles. The Balaban J connectivity index is 1.24. The highest BCUT2D eigenvalue weighted by atomic mass is 32.2. The van der Waals surface area contributed by atoms with Crippen LogP contribution in [0.25, 0.3) is 0 Å². The molecule has 2 fully saturated rings. The topological polar surface area (TPSA) is 81.8 Å². The van der Waals surface area contributed by atoms with E-state index in [0.29, 0.717) is 19.6 Å². The molecule has 8 heteroatoms. The predicted octanol–water partition coefficient (Wildman–Crippen LogP) is 3.61. The number of rotatable bonds is 8. The van der Waals surface area contributed by atoms with Gasteiger partial charge in [-0.25, -0.2) is 13.1 Å². The van der Waals surface area contributed by atoms with Crippen molar-refractivity contribution in [3.63, 3.8) is 0 Å². The highest BCUT2D eigenvalue weighted by molar-refractivity contribution is 7.89. The number of benzene rings is 2. The molecule has 0 radical (unpaired) electrons. The van der Waals surface area contributed by atoms with Crippen molar-refractivity contribution in [1.82, 2.24) is 9.62 Å². The van der Waals surface area contributed by atoms with E-state index in [-0.39, 0.29) is 16.7 Å². The lowest BCUT2D eigenvalue weighted by Gasteiger charge is -2.32. The molecule has 0 aromatic heterocycles. The summed E-state index contributed by atoms with van der Waals surface area (Å²) in [6.07, 6.45) is 5.69. The molecule has 2 aliphatic rings. The Morgan fingerprint density at radius 1 is 0.941 bits per heavy atom. The molecule has 0 saturated carbocycles. The molecule has 2 aliphatic heterocycles. The van der Waals surface area contributed by atoms with Crippen LogP contribution in [0.3, 0.4) is 0 Å². The summed E-state index contributed by atoms with van der Waals surface area (Å²) < 4.78 is 27.9. The summed E-state index contributed by atoms with van der Waals surface area (Å²) in [7, 11) is -3.52. The molecule has 2 N–H and O–H groups in total. The number of carbonyl (C=O) groups is 1. The van der Waals surface area contributed by atoms with Gasteiger partial charge in [0.1, 0.15) is 0 Å². The Hall–Kier alpha value is -2.42. The van der Waals surface area contributed by atoms with Gasteiger partial charge in [-0.2, -0.15) is 0 Å². The van der Waals surface area contributed by atoms with E-state index in [1.54, 1.807) is 24.3 Å². The van der Waals surface area contributed by atoms with Crippen molar-refractivity contribution < 1.29 is 13.2 Å². The minimum absolute atomic E-state index is 0.0355. The zero-order chi connectivity index (χ0) is 24.0. The van der Waals surface area contributed by atoms with Crippen molar-refractivity contribution in [2.75, 3.05) is 49.5 Å². The van der Waals surface area contributed by atoms with Gasteiger partial charge in [0.15, 0.2) is 0 Å². The van der Waals surface area contributed by atoms with E-state index in [1.807, 2.05) is 19.1 Å². The van der Waals surface area contributed by atoms with E-state index in [9.17, 15) is 13.2 Å². The van der Waals surface area contributed by atoms with Gasteiger partial charge in [0.2, 0.25) is 15.9 Å². The average Bonchev–Trinajstić information content (AvgIpc) is 2.84. The third-order valence-corrected chi connectivity index (χ3v) is 8.18. The number of nitrogens with zero attached hydrogens (tertiary/aromatic N) is 2. The molecular formula is C26H36N4O3S. The van der Waals surface area contributed by atoms with Crippen LogP contribution < -0.4 is 14.9 Å². The molecule has 0 bridgehead atoms. The predicted molar refractivity (Wildman–Crippen MR) is 137 cm³/mol. The van der Waals surface area contributed by atoms with E-state index in [0.717, 1.165) is 43.7 Å². The van der Waals surface area contributed by atoms with E-state index >= 15 is 0 Å². The smallest absolute Gasteiger partial charge is 0.240 e. The molecule has 2 aromatic rings. The Labute approximate surface area is 203 Å². The van der Waals surface area contributed by atoms with Gasteiger partial charge < -0.3 is 10.2 Å². The molecule has 0 spiro atoms. The number of amides is 1. The van der Waals surface area contributed by atoms with Gasteiger partial charge in [0, 0.05) is 37.6 Å². The van der Waals surface area contributed by atoms with Crippen LogP contribution in [0.1, 0.15) is 37.7 Å². The van der Waals surface area contributed by atoms with E-state index in [2.05, 4.69) is 32.0 Å². The number of nitrogens with one attached hydrogen (secondary N) is 2. The summed E-state index contributed by atoms with van der Waals surface area (Å²) in [5, 5.41) is 3.01. The van der Waals surface area contributed by atoms with Crippen LogP contribution in [-0.2, 0) is 14.8 Å². The lowest BCUT2D eigenvalue weighted by molar-refractivity contribution is -0.117. The largest absolute Gasteiger partial charge is 0.372 e. The van der Waals surface area contributed by atoms with Gasteiger partial charge in [-0.1, -0.05) is 17.7 Å². The van der Waals surface area contributed by atoms with E-state index < -0.39 is 10.0 Å². The fraction of sp³-hybridized carbons (Fsp3) is 0.500. The maximum Gasteiger partial charge on any atom is 0.240 e. The maximum absolute atomic E-state index is 12.6. The number of likely N-dealkylation sites (tertiary alicyclic amines) is 1. The van der Waals surface area contributed by atoms with Crippen LogP contribution in [0.5, 0.6) is 0 Å². The van der Waals surface area contributed by atoms with Gasteiger partial charge >= 0.3 is 0 Å². The summed E-state index contributed by atoms with van der Waals surface area (Å²) in [6.45, 7) is 6.38. The lowest BCUT2D eigenvalue weighted by Crippen LogP contribution is -2.43. The van der Waals surface area contributed by atoms with Crippen LogP contribution in [0.15, 0.2) is 53.4 Å². The minimum atomic E-state index is -3.52. The number of carbonyl (C=O) groups excluding carboxylic acids is 1. The molecule has 184 valence electrons. The fourth-order valence-corrected chi connectivity index (χ4v) is 5.92. The molecule has 0 aliphatic carbocycles. The maximum atomic E-state index is 12.6. The number of anilines is 2. The Bertz CT molecular complexity index is 1050. The van der Waals surface area contributed by atoms with Crippen molar-refractivity contribution in [2.45, 2.75) is 43.9 Å². The van der Waals surface area contributed by atoms with Crippen LogP contribution in [0, 0.1) is 12.8 Å². The number of hydrogen-bond acceptors (Lipinski definition) is 5. The first-order valence-electron chi connectivity index (χ1n) is 12.3. The number of aryl methyl sites for hydroxylation is 1. The summed E-state index contributed by atoms with van der Waals surface area (Å²) in [5.74, 6) is 0.150. The summed E-state index contributed by atoms with van der Waals surface area (Å²) in [6, 6.07) is 15.0. The molecule has 1 atom stereocenters. The van der Waals surface area contributed by atoms with Gasteiger partial charge in [-0.05, 0) is 87.9 Å². The Morgan fingerprint density at radius 3 is 2.35 bits per heavy atom. The highest BCUT2D eigenvalue weighted by Crippen LogP contribution is 2.22. The molecule has 1 amide bonds. The van der Waals surface area contributed by atoms with Gasteiger partial charge in [0.05, 0.1) is 11.4 Å². The molecule has 34 heavy (non-hydrogen) atoms. The second-order valence-corrected chi connectivity index (χ2v) is 11.3. The van der Waals surface area contributed by atoms with E-state index in [4.69, 9.17) is 0 Å². The molecule has 2 aromatic carbocycles. The standard InChI is InChI=1S/C26H36N4O3S/c1-21-7-13-25(14-8-21)34(32,33)27-18-22-6-5-15-29(19-22)20-26(31)28-23-9-11-24(12-10-23)30-16-3-2-4-17-30/h7-14,22,27H,2-6,15-20H2,1H3,(H,28,31). The number of piperidine rings is 2.